The first-order valence-electron chi connectivity index (χ1n) is 12.8. The lowest BCUT2D eigenvalue weighted by atomic mass is 9.94. The summed E-state index contributed by atoms with van der Waals surface area (Å²) in [5.41, 5.74) is 9.33. The minimum atomic E-state index is -0.620. The average Bonchev–Trinajstić information content (AvgIpc) is 2.90. The van der Waals surface area contributed by atoms with Gasteiger partial charge in [-0.05, 0) is 56.6 Å². The molecule has 0 saturated carbocycles. The Hall–Kier alpha value is -3.93. The molecule has 3 aliphatic rings. The van der Waals surface area contributed by atoms with Gasteiger partial charge in [-0.15, -0.1) is 0 Å². The molecule has 3 heterocycles. The lowest BCUT2D eigenvalue weighted by Crippen LogP contribution is -2.56. The molecule has 0 unspecified atom stereocenters. The maximum absolute atomic E-state index is 12.9. The number of anilines is 3. The third-order valence-corrected chi connectivity index (χ3v) is 7.34. The van der Waals surface area contributed by atoms with Crippen molar-refractivity contribution >= 4 is 40.5 Å². The number of benzene rings is 2. The van der Waals surface area contributed by atoms with E-state index in [-0.39, 0.29) is 0 Å². The highest BCUT2D eigenvalue weighted by atomic mass is 16.2. The zero-order valence-electron chi connectivity index (χ0n) is 21.8. The molecular weight excluding hydrogens is 484 g/mol. The van der Waals surface area contributed by atoms with Crippen LogP contribution in [0.25, 0.3) is 5.57 Å². The number of nitrogens with two attached hydrogens (primary N) is 1. The van der Waals surface area contributed by atoms with Gasteiger partial charge in [-0.2, -0.15) is 0 Å². The number of piperazine rings is 2. The highest BCUT2D eigenvalue weighted by Crippen LogP contribution is 2.30. The number of carbonyl (C=O) groups is 3. The van der Waals surface area contributed by atoms with E-state index in [1.165, 1.54) is 5.01 Å². The molecule has 0 spiro atoms. The topological polar surface area (TPSA) is 117 Å². The number of hydrazine groups is 1. The summed E-state index contributed by atoms with van der Waals surface area (Å²) in [5, 5.41) is 8.90. The fourth-order valence-electron chi connectivity index (χ4n) is 5.00. The summed E-state index contributed by atoms with van der Waals surface area (Å²) >= 11 is 0. The zero-order chi connectivity index (χ0) is 26.8. The second-order valence-corrected chi connectivity index (χ2v) is 9.96. The van der Waals surface area contributed by atoms with E-state index < -0.39 is 17.8 Å². The molecule has 0 radical (unpaired) electrons. The van der Waals surface area contributed by atoms with Gasteiger partial charge in [-0.25, -0.2) is 14.8 Å². The molecule has 4 amide bonds. The summed E-state index contributed by atoms with van der Waals surface area (Å²) in [5.74, 6) is -0.984. The first-order chi connectivity index (χ1) is 18.3. The number of primary amides is 1. The summed E-state index contributed by atoms with van der Waals surface area (Å²) in [6, 6.07) is 12.4. The number of urea groups is 1. The van der Waals surface area contributed by atoms with E-state index in [4.69, 9.17) is 5.73 Å². The maximum atomic E-state index is 12.9. The molecule has 2 aromatic rings. The predicted molar refractivity (Wildman–Crippen MR) is 148 cm³/mol. The van der Waals surface area contributed by atoms with Crippen LogP contribution in [0.4, 0.5) is 21.9 Å². The second kappa shape index (κ2) is 10.8. The molecule has 5 rings (SSSR count). The van der Waals surface area contributed by atoms with Crippen LogP contribution < -0.4 is 26.3 Å². The highest BCUT2D eigenvalue weighted by molar-refractivity contribution is 6.31. The molecule has 2 saturated heterocycles. The van der Waals surface area contributed by atoms with Gasteiger partial charge in [0.1, 0.15) is 0 Å². The largest absolute Gasteiger partial charge is 0.369 e. The molecular formula is C27H34N8O3. The second-order valence-electron chi connectivity index (χ2n) is 9.96. The monoisotopic (exact) mass is 518 g/mol. The number of hydrogen-bond acceptors (Lipinski definition) is 8. The molecule has 38 heavy (non-hydrogen) atoms. The lowest BCUT2D eigenvalue weighted by molar-refractivity contribution is -0.114. The van der Waals surface area contributed by atoms with Gasteiger partial charge >= 0.3 is 6.03 Å². The van der Waals surface area contributed by atoms with Gasteiger partial charge in [0.15, 0.2) is 0 Å². The van der Waals surface area contributed by atoms with Crippen LogP contribution in [-0.2, 0) is 4.79 Å². The van der Waals surface area contributed by atoms with Crippen LogP contribution in [-0.4, -0.2) is 99.1 Å². The smallest absolute Gasteiger partial charge is 0.334 e. The maximum Gasteiger partial charge on any atom is 0.334 e. The van der Waals surface area contributed by atoms with Crippen LogP contribution in [0.15, 0.2) is 48.7 Å². The molecule has 0 aliphatic carbocycles. The van der Waals surface area contributed by atoms with Crippen LogP contribution in [0.3, 0.4) is 0 Å². The van der Waals surface area contributed by atoms with Gasteiger partial charge in [0.25, 0.3) is 11.8 Å². The SMILES string of the molecule is CN1CCN(c2ccc(N/C=C3\C(=O)NC(=O)c4ccc(N(C(N)=O)N5CCN(C)CC5)cc43)cc2)CC1. The van der Waals surface area contributed by atoms with E-state index in [9.17, 15) is 14.4 Å². The summed E-state index contributed by atoms with van der Waals surface area (Å²) < 4.78 is 0. The fourth-order valence-corrected chi connectivity index (χ4v) is 5.00. The fraction of sp³-hybridized carbons (Fsp3) is 0.370. The zero-order valence-corrected chi connectivity index (χ0v) is 21.8. The van der Waals surface area contributed by atoms with E-state index in [2.05, 4.69) is 44.5 Å². The Morgan fingerprint density at radius 2 is 1.50 bits per heavy atom. The number of carbonyl (C=O) groups excluding carboxylic acids is 3. The Kier molecular flexibility index (Phi) is 7.32. The number of imide groups is 1. The number of likely N-dealkylation sites (N-methyl/N-ethyl adjacent to an activating group) is 2. The van der Waals surface area contributed by atoms with Crippen molar-refractivity contribution in [1.82, 2.24) is 20.1 Å². The van der Waals surface area contributed by atoms with Gasteiger partial charge in [-0.3, -0.25) is 14.9 Å². The Labute approximate surface area is 222 Å². The number of nitrogens with one attached hydrogen (secondary N) is 2. The van der Waals surface area contributed by atoms with Gasteiger partial charge in [0.2, 0.25) is 0 Å². The molecule has 0 atom stereocenters. The molecule has 0 aromatic heterocycles. The average molecular weight is 519 g/mol. The minimum absolute atomic E-state index is 0.299. The number of hydrogen-bond donors (Lipinski definition) is 3. The summed E-state index contributed by atoms with van der Waals surface area (Å²) in [6.45, 7) is 6.87. The van der Waals surface area contributed by atoms with E-state index >= 15 is 0 Å². The van der Waals surface area contributed by atoms with E-state index in [1.54, 1.807) is 24.4 Å². The number of fused-ring (bicyclic) bond motifs is 1. The lowest BCUT2D eigenvalue weighted by Gasteiger charge is -2.39. The van der Waals surface area contributed by atoms with E-state index in [1.807, 2.05) is 24.2 Å². The van der Waals surface area contributed by atoms with Crippen molar-refractivity contribution in [3.63, 3.8) is 0 Å². The van der Waals surface area contributed by atoms with Gasteiger partial charge < -0.3 is 25.8 Å². The van der Waals surface area contributed by atoms with Crippen molar-refractivity contribution in [3.8, 4) is 0 Å². The molecule has 200 valence electrons. The standard InChI is InChI=1S/C27H34N8O3/c1-31-9-13-33(14-10-31)20-5-3-19(4-6-20)29-18-24-23-17-21(7-8-22(23)25(36)30-26(24)37)35(27(28)38)34-15-11-32(2)12-16-34/h3-8,17-18,29H,9-16H2,1-2H3,(H2,28,38)(H,30,36,37)/b24-18-. The van der Waals surface area contributed by atoms with Gasteiger partial charge in [0.05, 0.1) is 11.3 Å². The van der Waals surface area contributed by atoms with Crippen LogP contribution in [0.2, 0.25) is 0 Å². The normalized spacial score (nSPS) is 20.3. The highest BCUT2D eigenvalue weighted by Gasteiger charge is 2.30. The molecule has 11 heteroatoms. The number of nitrogens with zero attached hydrogens (tertiary/aromatic N) is 5. The van der Waals surface area contributed by atoms with E-state index in [0.29, 0.717) is 35.5 Å². The minimum Gasteiger partial charge on any atom is -0.369 e. The number of amides is 4. The van der Waals surface area contributed by atoms with Crippen LogP contribution >= 0.6 is 0 Å². The quantitative estimate of drug-likeness (QED) is 0.400. The van der Waals surface area contributed by atoms with Gasteiger partial charge in [0, 0.05) is 81.1 Å². The number of rotatable bonds is 5. The first-order valence-corrected chi connectivity index (χ1v) is 12.8. The Morgan fingerprint density at radius 1 is 0.868 bits per heavy atom. The van der Waals surface area contributed by atoms with E-state index in [0.717, 1.165) is 50.6 Å². The molecule has 4 N–H and O–H groups in total. The van der Waals surface area contributed by atoms with Crippen LogP contribution in [0, 0.1) is 0 Å². The predicted octanol–water partition coefficient (Wildman–Crippen LogP) is 1.21. The van der Waals surface area contributed by atoms with Crippen molar-refractivity contribution < 1.29 is 14.4 Å². The Bertz CT molecular complexity index is 1250. The Morgan fingerprint density at radius 3 is 2.13 bits per heavy atom. The first kappa shape index (κ1) is 25.7. The molecule has 2 fully saturated rings. The molecule has 11 nitrogen and oxygen atoms in total. The van der Waals surface area contributed by atoms with Crippen molar-refractivity contribution in [2.45, 2.75) is 0 Å². The summed E-state index contributed by atoms with van der Waals surface area (Å²) in [6.07, 6.45) is 1.60. The third kappa shape index (κ3) is 5.35. The van der Waals surface area contributed by atoms with Crippen molar-refractivity contribution in [2.75, 3.05) is 81.7 Å². The van der Waals surface area contributed by atoms with Gasteiger partial charge in [-0.1, -0.05) is 0 Å². The summed E-state index contributed by atoms with van der Waals surface area (Å²) in [7, 11) is 4.16. The van der Waals surface area contributed by atoms with Crippen molar-refractivity contribution in [2.24, 2.45) is 5.73 Å². The van der Waals surface area contributed by atoms with Crippen molar-refractivity contribution in [3.05, 3.63) is 59.8 Å². The summed E-state index contributed by atoms with van der Waals surface area (Å²) in [4.78, 5) is 44.7. The molecule has 0 bridgehead atoms. The van der Waals surface area contributed by atoms with Crippen LogP contribution in [0.5, 0.6) is 0 Å². The molecule has 3 aliphatic heterocycles. The Balaban J connectivity index is 1.39. The molecule has 2 aromatic carbocycles. The third-order valence-electron chi connectivity index (χ3n) is 7.34. The van der Waals surface area contributed by atoms with Crippen LogP contribution in [0.1, 0.15) is 15.9 Å². The van der Waals surface area contributed by atoms with Crippen molar-refractivity contribution in [1.29, 1.82) is 0 Å².